The highest BCUT2D eigenvalue weighted by atomic mass is 16.3. The van der Waals surface area contributed by atoms with Crippen molar-refractivity contribution >= 4 is 22.9 Å². The fraction of sp³-hybridized carbons (Fsp3) is 0.280. The van der Waals surface area contributed by atoms with Crippen LogP contribution >= 0.6 is 0 Å². The molecule has 5 rings (SSSR count). The smallest absolute Gasteiger partial charge is 0.228 e. The summed E-state index contributed by atoms with van der Waals surface area (Å²) in [7, 11) is 0. The summed E-state index contributed by atoms with van der Waals surface area (Å²) in [6.07, 6.45) is 4.38. The van der Waals surface area contributed by atoms with E-state index in [9.17, 15) is 9.90 Å². The van der Waals surface area contributed by atoms with E-state index in [1.807, 2.05) is 30.3 Å². The van der Waals surface area contributed by atoms with E-state index in [-0.39, 0.29) is 19.1 Å². The lowest BCUT2D eigenvalue weighted by Crippen LogP contribution is -2.45. The average molecular weight is 443 g/mol. The molecule has 2 aromatic carbocycles. The number of fused-ring (bicyclic) bond motifs is 1. The van der Waals surface area contributed by atoms with Crippen LogP contribution in [-0.4, -0.2) is 57.2 Å². The molecule has 1 unspecified atom stereocenters. The number of aromatic amines is 1. The number of hydrogen-bond donors (Lipinski definition) is 3. The fourth-order valence-electron chi connectivity index (χ4n) is 4.75. The predicted molar refractivity (Wildman–Crippen MR) is 127 cm³/mol. The topological polar surface area (TPSA) is 107 Å². The van der Waals surface area contributed by atoms with Crippen LogP contribution in [0.3, 0.4) is 0 Å². The summed E-state index contributed by atoms with van der Waals surface area (Å²) >= 11 is 0. The first-order valence-corrected chi connectivity index (χ1v) is 11.1. The maximum atomic E-state index is 13.5. The van der Waals surface area contributed by atoms with Crippen LogP contribution in [0, 0.1) is 5.41 Å². The van der Waals surface area contributed by atoms with Gasteiger partial charge >= 0.3 is 0 Å². The van der Waals surface area contributed by atoms with Gasteiger partial charge in [-0.15, -0.1) is 0 Å². The Balaban J connectivity index is 1.50. The quantitative estimate of drug-likeness (QED) is 0.406. The Labute approximate surface area is 191 Å². The summed E-state index contributed by atoms with van der Waals surface area (Å²) < 4.78 is 0. The van der Waals surface area contributed by atoms with Gasteiger partial charge in [0.2, 0.25) is 5.91 Å². The zero-order chi connectivity index (χ0) is 22.7. The molecular formula is C25H26N6O2. The first-order chi connectivity index (χ1) is 16.2. The van der Waals surface area contributed by atoms with Crippen LogP contribution in [0.2, 0.25) is 0 Å². The summed E-state index contributed by atoms with van der Waals surface area (Å²) in [5, 5.41) is 12.2. The van der Waals surface area contributed by atoms with Gasteiger partial charge in [-0.1, -0.05) is 54.6 Å². The number of aliphatic hydroxyl groups excluding tert-OH is 1. The molecule has 1 aliphatic rings. The lowest BCUT2D eigenvalue weighted by Gasteiger charge is -2.29. The molecule has 1 atom stereocenters. The van der Waals surface area contributed by atoms with Crippen molar-refractivity contribution < 1.29 is 9.90 Å². The van der Waals surface area contributed by atoms with Crippen LogP contribution in [0.4, 0.5) is 5.82 Å². The number of amides is 1. The first kappa shape index (κ1) is 21.1. The molecule has 33 heavy (non-hydrogen) atoms. The van der Waals surface area contributed by atoms with E-state index in [0.29, 0.717) is 31.6 Å². The molecule has 8 nitrogen and oxygen atoms in total. The van der Waals surface area contributed by atoms with E-state index in [0.717, 1.165) is 28.0 Å². The standard InChI is InChI=1S/C25H26N6O2/c32-13-11-26-24(33)25(14-19-8-4-5-9-20(19)18-6-2-1-3-7-18)10-12-31(15-25)23-21-22(28-16-27-21)29-17-30-23/h1-9,16-17,32H,10-15H2,(H,26,33)(H,27,28,29,30). The van der Waals surface area contributed by atoms with E-state index in [4.69, 9.17) is 0 Å². The molecule has 3 N–H and O–H groups in total. The van der Waals surface area contributed by atoms with Crippen LogP contribution < -0.4 is 10.2 Å². The number of carbonyl (C=O) groups excluding carboxylic acids is 1. The maximum Gasteiger partial charge on any atom is 0.228 e. The van der Waals surface area contributed by atoms with Crippen molar-refractivity contribution in [2.45, 2.75) is 12.8 Å². The van der Waals surface area contributed by atoms with Gasteiger partial charge in [0.05, 0.1) is 18.3 Å². The SMILES string of the molecule is O=C(NCCO)C1(Cc2ccccc2-c2ccccc2)CCN(c2ncnc3nc[nH]c23)C1. The third-order valence-corrected chi connectivity index (χ3v) is 6.37. The Morgan fingerprint density at radius 3 is 2.76 bits per heavy atom. The second-order valence-corrected chi connectivity index (χ2v) is 8.43. The normalized spacial score (nSPS) is 18.0. The number of aliphatic hydroxyl groups is 1. The van der Waals surface area contributed by atoms with E-state index in [1.54, 1.807) is 6.33 Å². The van der Waals surface area contributed by atoms with E-state index >= 15 is 0 Å². The molecule has 0 radical (unpaired) electrons. The van der Waals surface area contributed by atoms with E-state index < -0.39 is 5.41 Å². The zero-order valence-electron chi connectivity index (χ0n) is 18.2. The summed E-state index contributed by atoms with van der Waals surface area (Å²) in [5.41, 5.74) is 4.11. The van der Waals surface area contributed by atoms with Crippen molar-refractivity contribution in [3.63, 3.8) is 0 Å². The number of hydrogen-bond acceptors (Lipinski definition) is 6. The summed E-state index contributed by atoms with van der Waals surface area (Å²) in [6, 6.07) is 18.5. The van der Waals surface area contributed by atoms with Crippen molar-refractivity contribution in [1.29, 1.82) is 0 Å². The third-order valence-electron chi connectivity index (χ3n) is 6.37. The van der Waals surface area contributed by atoms with Crippen molar-refractivity contribution in [3.05, 3.63) is 72.8 Å². The molecule has 4 aromatic rings. The highest BCUT2D eigenvalue weighted by molar-refractivity contribution is 5.87. The monoisotopic (exact) mass is 442 g/mol. The highest BCUT2D eigenvalue weighted by Crippen LogP contribution is 2.39. The van der Waals surface area contributed by atoms with Gasteiger partial charge in [-0.05, 0) is 29.5 Å². The van der Waals surface area contributed by atoms with Crippen molar-refractivity contribution in [1.82, 2.24) is 25.3 Å². The summed E-state index contributed by atoms with van der Waals surface area (Å²) in [6.45, 7) is 1.34. The van der Waals surface area contributed by atoms with Crippen molar-refractivity contribution in [2.75, 3.05) is 31.1 Å². The number of anilines is 1. The Hall–Kier alpha value is -3.78. The number of aromatic nitrogens is 4. The van der Waals surface area contributed by atoms with Gasteiger partial charge in [0.15, 0.2) is 11.5 Å². The molecule has 8 heteroatoms. The summed E-state index contributed by atoms with van der Waals surface area (Å²) in [5.74, 6) is 0.711. The third kappa shape index (κ3) is 4.05. The number of benzene rings is 2. The molecule has 0 spiro atoms. The number of rotatable bonds is 7. The molecule has 0 bridgehead atoms. The molecule has 1 fully saturated rings. The molecule has 2 aromatic heterocycles. The fourth-order valence-corrected chi connectivity index (χ4v) is 4.75. The molecule has 1 aliphatic heterocycles. The van der Waals surface area contributed by atoms with Crippen molar-refractivity contribution in [2.24, 2.45) is 5.41 Å². The minimum absolute atomic E-state index is 0.0446. The molecular weight excluding hydrogens is 416 g/mol. The van der Waals surface area contributed by atoms with Crippen LogP contribution in [0.25, 0.3) is 22.3 Å². The molecule has 3 heterocycles. The van der Waals surface area contributed by atoms with Crippen LogP contribution in [0.15, 0.2) is 67.3 Å². The van der Waals surface area contributed by atoms with Gasteiger partial charge < -0.3 is 20.3 Å². The lowest BCUT2D eigenvalue weighted by molar-refractivity contribution is -0.130. The van der Waals surface area contributed by atoms with Crippen LogP contribution in [-0.2, 0) is 11.2 Å². The molecule has 0 aliphatic carbocycles. The molecule has 0 saturated carbocycles. The molecule has 1 saturated heterocycles. The largest absolute Gasteiger partial charge is 0.395 e. The number of nitrogens with zero attached hydrogens (tertiary/aromatic N) is 4. The van der Waals surface area contributed by atoms with Crippen molar-refractivity contribution in [3.8, 4) is 11.1 Å². The second kappa shape index (κ2) is 8.99. The van der Waals surface area contributed by atoms with Gasteiger partial charge in [-0.25, -0.2) is 15.0 Å². The average Bonchev–Trinajstić information content (AvgIpc) is 3.51. The Bertz CT molecular complexity index is 1260. The maximum absolute atomic E-state index is 13.5. The van der Waals surface area contributed by atoms with Gasteiger partial charge in [0.1, 0.15) is 11.8 Å². The molecule has 1 amide bonds. The summed E-state index contributed by atoms with van der Waals surface area (Å²) in [4.78, 5) is 31.7. The highest BCUT2D eigenvalue weighted by Gasteiger charge is 2.45. The minimum atomic E-state index is -0.655. The first-order valence-electron chi connectivity index (χ1n) is 11.1. The Morgan fingerprint density at radius 2 is 1.91 bits per heavy atom. The second-order valence-electron chi connectivity index (χ2n) is 8.43. The predicted octanol–water partition coefficient (Wildman–Crippen LogP) is 2.57. The Kier molecular flexibility index (Phi) is 5.75. The zero-order valence-corrected chi connectivity index (χ0v) is 18.2. The lowest BCUT2D eigenvalue weighted by atomic mass is 9.78. The van der Waals surface area contributed by atoms with Gasteiger partial charge in [0, 0.05) is 19.6 Å². The minimum Gasteiger partial charge on any atom is -0.395 e. The number of imidazole rings is 1. The van der Waals surface area contributed by atoms with Crippen LogP contribution in [0.1, 0.15) is 12.0 Å². The van der Waals surface area contributed by atoms with Gasteiger partial charge in [-0.3, -0.25) is 4.79 Å². The number of nitrogens with one attached hydrogen (secondary N) is 2. The molecule has 168 valence electrons. The Morgan fingerprint density at radius 1 is 1.09 bits per heavy atom. The van der Waals surface area contributed by atoms with E-state index in [1.165, 1.54) is 6.33 Å². The van der Waals surface area contributed by atoms with Gasteiger partial charge in [0.25, 0.3) is 0 Å². The van der Waals surface area contributed by atoms with Crippen LogP contribution in [0.5, 0.6) is 0 Å². The number of H-pyrrole nitrogens is 1. The number of carbonyl (C=O) groups is 1. The van der Waals surface area contributed by atoms with E-state index in [2.05, 4.69) is 54.4 Å². The van der Waals surface area contributed by atoms with Gasteiger partial charge in [-0.2, -0.15) is 0 Å².